The average molecular weight is 165 g/mol. The third-order valence-electron chi connectivity index (χ3n) is 1.76. The first kappa shape index (κ1) is 7.34. The van der Waals surface area contributed by atoms with Gasteiger partial charge in [-0.2, -0.15) is 0 Å². The summed E-state index contributed by atoms with van der Waals surface area (Å²) in [7, 11) is 0. The predicted molar refractivity (Wildman–Crippen MR) is 47.2 cm³/mol. The van der Waals surface area contributed by atoms with Gasteiger partial charge < -0.3 is 4.74 Å². The van der Waals surface area contributed by atoms with Crippen LogP contribution in [0.15, 0.2) is 22.2 Å². The van der Waals surface area contributed by atoms with E-state index in [9.17, 15) is 0 Å². The molecule has 4 nitrogen and oxygen atoms in total. The fraction of sp³-hybridized carbons (Fsp3) is 0.500. The molecule has 2 heterocycles. The van der Waals surface area contributed by atoms with Crippen molar-refractivity contribution in [1.82, 2.24) is 5.43 Å². The second kappa shape index (κ2) is 2.33. The molecule has 0 saturated heterocycles. The van der Waals surface area contributed by atoms with Gasteiger partial charge in [0, 0.05) is 0 Å². The smallest absolute Gasteiger partial charge is 0.258 e. The standard InChI is InChI=1S/C8H11N3O/c1-8(2)4-3-6-7(10-11-8)12-5-9-6/h3-4,11H,5H2,1-2H3. The van der Waals surface area contributed by atoms with Crippen molar-refractivity contribution in [3.8, 4) is 0 Å². The van der Waals surface area contributed by atoms with Crippen LogP contribution in [0.1, 0.15) is 13.8 Å². The second-order valence-electron chi connectivity index (χ2n) is 3.40. The van der Waals surface area contributed by atoms with E-state index < -0.39 is 0 Å². The van der Waals surface area contributed by atoms with Gasteiger partial charge in [0.15, 0.2) is 6.73 Å². The fourth-order valence-electron chi connectivity index (χ4n) is 1.04. The van der Waals surface area contributed by atoms with Crippen LogP contribution in [0.4, 0.5) is 0 Å². The molecule has 0 atom stereocenters. The van der Waals surface area contributed by atoms with Gasteiger partial charge in [0.2, 0.25) is 0 Å². The summed E-state index contributed by atoms with van der Waals surface area (Å²) in [6.07, 6.45) is 3.96. The highest BCUT2D eigenvalue weighted by molar-refractivity contribution is 6.44. The van der Waals surface area contributed by atoms with Gasteiger partial charge in [-0.1, -0.05) is 6.08 Å². The first-order valence-electron chi connectivity index (χ1n) is 3.89. The SMILES string of the molecule is CC1(C)C=CC2=NCOC2=NN1. The topological polar surface area (TPSA) is 46.0 Å². The summed E-state index contributed by atoms with van der Waals surface area (Å²) in [5.74, 6) is 0.594. The van der Waals surface area contributed by atoms with Crippen LogP contribution in [0.3, 0.4) is 0 Å². The van der Waals surface area contributed by atoms with E-state index in [1.807, 2.05) is 26.0 Å². The van der Waals surface area contributed by atoms with E-state index in [0.717, 1.165) is 5.71 Å². The normalized spacial score (nSPS) is 24.5. The van der Waals surface area contributed by atoms with E-state index in [1.54, 1.807) is 0 Å². The Morgan fingerprint density at radius 3 is 3.25 bits per heavy atom. The quantitative estimate of drug-likeness (QED) is 0.573. The number of rotatable bonds is 0. The Labute approximate surface area is 71.0 Å². The Kier molecular flexibility index (Phi) is 1.43. The minimum atomic E-state index is -0.122. The summed E-state index contributed by atoms with van der Waals surface area (Å²) in [6.45, 7) is 4.46. The van der Waals surface area contributed by atoms with Crippen molar-refractivity contribution in [1.29, 1.82) is 0 Å². The number of nitrogens with zero attached hydrogens (tertiary/aromatic N) is 2. The second-order valence-corrected chi connectivity index (χ2v) is 3.40. The Balaban J connectivity index is 2.34. The lowest BCUT2D eigenvalue weighted by Crippen LogP contribution is -2.32. The van der Waals surface area contributed by atoms with Crippen molar-refractivity contribution in [2.24, 2.45) is 10.1 Å². The average Bonchev–Trinajstić information content (AvgIpc) is 2.40. The van der Waals surface area contributed by atoms with Gasteiger partial charge in [-0.05, 0) is 19.9 Å². The molecule has 0 aromatic heterocycles. The Morgan fingerprint density at radius 1 is 1.58 bits per heavy atom. The van der Waals surface area contributed by atoms with Crippen LogP contribution in [-0.2, 0) is 4.74 Å². The van der Waals surface area contributed by atoms with Crippen molar-refractivity contribution in [2.75, 3.05) is 6.73 Å². The van der Waals surface area contributed by atoms with Crippen molar-refractivity contribution in [3.63, 3.8) is 0 Å². The molecule has 2 rings (SSSR count). The van der Waals surface area contributed by atoms with Crippen LogP contribution >= 0.6 is 0 Å². The summed E-state index contributed by atoms with van der Waals surface area (Å²) < 4.78 is 5.16. The molecule has 0 amide bonds. The van der Waals surface area contributed by atoms with E-state index in [-0.39, 0.29) is 5.54 Å². The maximum absolute atomic E-state index is 5.16. The Bertz CT molecular complexity index is 289. The third kappa shape index (κ3) is 1.20. The summed E-state index contributed by atoms with van der Waals surface area (Å²) in [6, 6.07) is 0. The summed E-state index contributed by atoms with van der Waals surface area (Å²) >= 11 is 0. The lowest BCUT2D eigenvalue weighted by Gasteiger charge is -2.17. The lowest BCUT2D eigenvalue weighted by molar-refractivity contribution is 0.333. The molecule has 64 valence electrons. The number of fused-ring (bicyclic) bond motifs is 1. The van der Waals surface area contributed by atoms with Crippen LogP contribution in [0.2, 0.25) is 0 Å². The molecule has 12 heavy (non-hydrogen) atoms. The molecule has 2 aliphatic heterocycles. The third-order valence-corrected chi connectivity index (χ3v) is 1.76. The molecule has 0 aliphatic carbocycles. The Morgan fingerprint density at radius 2 is 2.42 bits per heavy atom. The molecule has 0 bridgehead atoms. The predicted octanol–water partition coefficient (Wildman–Crippen LogP) is 0.667. The van der Waals surface area contributed by atoms with E-state index >= 15 is 0 Å². The lowest BCUT2D eigenvalue weighted by atomic mass is 10.1. The molecular weight excluding hydrogens is 154 g/mol. The maximum Gasteiger partial charge on any atom is 0.258 e. The molecule has 0 unspecified atom stereocenters. The fourth-order valence-corrected chi connectivity index (χ4v) is 1.04. The van der Waals surface area contributed by atoms with Gasteiger partial charge in [-0.15, -0.1) is 5.10 Å². The van der Waals surface area contributed by atoms with Gasteiger partial charge in [0.1, 0.15) is 5.71 Å². The van der Waals surface area contributed by atoms with Gasteiger partial charge in [0.25, 0.3) is 5.90 Å². The van der Waals surface area contributed by atoms with Crippen molar-refractivity contribution in [3.05, 3.63) is 12.2 Å². The summed E-state index contributed by atoms with van der Waals surface area (Å²) in [4.78, 5) is 4.12. The highest BCUT2D eigenvalue weighted by atomic mass is 16.5. The minimum absolute atomic E-state index is 0.122. The molecule has 4 heteroatoms. The number of hydrazone groups is 1. The van der Waals surface area contributed by atoms with Crippen molar-refractivity contribution < 1.29 is 4.74 Å². The van der Waals surface area contributed by atoms with Crippen LogP contribution in [0, 0.1) is 0 Å². The van der Waals surface area contributed by atoms with E-state index in [4.69, 9.17) is 4.74 Å². The van der Waals surface area contributed by atoms with E-state index in [0.29, 0.717) is 12.6 Å². The molecule has 1 N–H and O–H groups in total. The maximum atomic E-state index is 5.16. The monoisotopic (exact) mass is 165 g/mol. The zero-order valence-electron chi connectivity index (χ0n) is 7.16. The first-order valence-corrected chi connectivity index (χ1v) is 3.89. The molecule has 0 radical (unpaired) electrons. The van der Waals surface area contributed by atoms with Crippen LogP contribution < -0.4 is 5.43 Å². The van der Waals surface area contributed by atoms with Gasteiger partial charge in [0.05, 0.1) is 5.54 Å². The van der Waals surface area contributed by atoms with Crippen molar-refractivity contribution in [2.45, 2.75) is 19.4 Å². The van der Waals surface area contributed by atoms with Crippen LogP contribution in [0.5, 0.6) is 0 Å². The number of aliphatic imine (C=N–C) groups is 1. The van der Waals surface area contributed by atoms with Gasteiger partial charge >= 0.3 is 0 Å². The molecular formula is C8H11N3O. The highest BCUT2D eigenvalue weighted by Gasteiger charge is 2.21. The highest BCUT2D eigenvalue weighted by Crippen LogP contribution is 2.10. The molecule has 0 aromatic rings. The van der Waals surface area contributed by atoms with E-state index in [2.05, 4.69) is 15.5 Å². The van der Waals surface area contributed by atoms with Crippen LogP contribution in [0.25, 0.3) is 0 Å². The molecule has 0 fully saturated rings. The zero-order valence-corrected chi connectivity index (χ0v) is 7.16. The summed E-state index contributed by atoms with van der Waals surface area (Å²) in [5, 5.41) is 4.09. The number of hydrogen-bond acceptors (Lipinski definition) is 4. The Hall–Kier alpha value is -1.32. The zero-order chi connectivity index (χ0) is 8.60. The first-order chi connectivity index (χ1) is 5.67. The van der Waals surface area contributed by atoms with E-state index in [1.165, 1.54) is 0 Å². The van der Waals surface area contributed by atoms with Crippen molar-refractivity contribution >= 4 is 11.6 Å². The number of hydrogen-bond donors (Lipinski definition) is 1. The molecule has 0 saturated carbocycles. The summed E-state index contributed by atoms with van der Waals surface area (Å²) in [5.41, 5.74) is 3.69. The number of nitrogens with one attached hydrogen (secondary N) is 1. The molecule has 0 spiro atoms. The number of ether oxygens (including phenoxy) is 1. The van der Waals surface area contributed by atoms with Gasteiger partial charge in [-0.3, -0.25) is 5.43 Å². The van der Waals surface area contributed by atoms with Crippen LogP contribution in [-0.4, -0.2) is 23.9 Å². The minimum Gasteiger partial charge on any atom is -0.452 e. The molecule has 0 aromatic carbocycles. The molecule has 2 aliphatic rings. The largest absolute Gasteiger partial charge is 0.452 e. The van der Waals surface area contributed by atoms with Gasteiger partial charge in [-0.25, -0.2) is 4.99 Å².